The fourth-order valence-electron chi connectivity index (χ4n) is 1.82. The number of imidazole rings is 1. The van der Waals surface area contributed by atoms with Crippen molar-refractivity contribution in [3.05, 3.63) is 41.7 Å². The van der Waals surface area contributed by atoms with Crippen LogP contribution in [0.4, 0.5) is 0 Å². The van der Waals surface area contributed by atoms with E-state index in [1.54, 1.807) is 6.92 Å². The van der Waals surface area contributed by atoms with Crippen LogP contribution in [0.15, 0.2) is 30.4 Å². The number of aromatic nitrogens is 2. The summed E-state index contributed by atoms with van der Waals surface area (Å²) in [7, 11) is 0. The van der Waals surface area contributed by atoms with Crippen molar-refractivity contribution in [2.75, 3.05) is 6.61 Å². The van der Waals surface area contributed by atoms with Gasteiger partial charge in [0.15, 0.2) is 0 Å². The number of carbonyl (C=O) groups excluding carboxylic acids is 1. The summed E-state index contributed by atoms with van der Waals surface area (Å²) in [6.07, 6.45) is 1.51. The second kappa shape index (κ2) is 5.69. The van der Waals surface area contributed by atoms with E-state index in [0.717, 1.165) is 29.7 Å². The Hall–Kier alpha value is -2.10. The molecule has 0 atom stereocenters. The van der Waals surface area contributed by atoms with Crippen LogP contribution in [0, 0.1) is 6.92 Å². The first-order valence-corrected chi connectivity index (χ1v) is 6.34. The molecule has 4 heteroatoms. The highest BCUT2D eigenvalue weighted by Crippen LogP contribution is 2.14. The average Bonchev–Trinajstić information content (AvgIpc) is 2.75. The number of aromatic amines is 1. The monoisotopic (exact) mass is 258 g/mol. The molecule has 100 valence electrons. The van der Waals surface area contributed by atoms with Gasteiger partial charge in [0.05, 0.1) is 17.6 Å². The third-order valence-corrected chi connectivity index (χ3v) is 2.83. The summed E-state index contributed by atoms with van der Waals surface area (Å²) in [6, 6.07) is 6.13. The van der Waals surface area contributed by atoms with Gasteiger partial charge in [0.25, 0.3) is 0 Å². The Labute approximate surface area is 112 Å². The van der Waals surface area contributed by atoms with Crippen molar-refractivity contribution in [2.45, 2.75) is 26.7 Å². The largest absolute Gasteiger partial charge is 0.462 e. The van der Waals surface area contributed by atoms with E-state index in [2.05, 4.69) is 29.5 Å². The second-order valence-corrected chi connectivity index (χ2v) is 4.72. The Morgan fingerprint density at radius 3 is 3.00 bits per heavy atom. The minimum Gasteiger partial charge on any atom is -0.462 e. The van der Waals surface area contributed by atoms with Gasteiger partial charge < -0.3 is 9.72 Å². The number of benzene rings is 1. The molecule has 1 heterocycles. The first-order chi connectivity index (χ1) is 9.06. The fourth-order valence-corrected chi connectivity index (χ4v) is 1.82. The quantitative estimate of drug-likeness (QED) is 0.509. The lowest BCUT2D eigenvalue weighted by molar-refractivity contribution is -0.139. The third kappa shape index (κ3) is 3.44. The smallest absolute Gasteiger partial charge is 0.333 e. The molecule has 0 bridgehead atoms. The topological polar surface area (TPSA) is 55.0 Å². The average molecular weight is 258 g/mol. The van der Waals surface area contributed by atoms with Gasteiger partial charge in [-0.25, -0.2) is 9.78 Å². The zero-order valence-corrected chi connectivity index (χ0v) is 11.3. The summed E-state index contributed by atoms with van der Waals surface area (Å²) >= 11 is 0. The third-order valence-electron chi connectivity index (χ3n) is 2.83. The fraction of sp³-hybridized carbons (Fsp3) is 0.333. The number of H-pyrrole nitrogens is 1. The maximum atomic E-state index is 11.2. The van der Waals surface area contributed by atoms with Crippen molar-refractivity contribution in [2.24, 2.45) is 0 Å². The molecule has 0 aliphatic carbocycles. The number of aryl methyl sites for hydroxylation is 2. The van der Waals surface area contributed by atoms with E-state index in [-0.39, 0.29) is 5.97 Å². The first-order valence-electron chi connectivity index (χ1n) is 6.34. The number of esters is 1. The normalized spacial score (nSPS) is 10.6. The maximum absolute atomic E-state index is 11.2. The number of hydrogen-bond acceptors (Lipinski definition) is 3. The van der Waals surface area contributed by atoms with Crippen molar-refractivity contribution in [3.63, 3.8) is 0 Å². The Balaban J connectivity index is 1.88. The van der Waals surface area contributed by atoms with Crippen LogP contribution in [-0.4, -0.2) is 22.5 Å². The van der Waals surface area contributed by atoms with Gasteiger partial charge in [0.2, 0.25) is 0 Å². The Morgan fingerprint density at radius 1 is 1.47 bits per heavy atom. The lowest BCUT2D eigenvalue weighted by Crippen LogP contribution is -2.07. The maximum Gasteiger partial charge on any atom is 0.333 e. The highest BCUT2D eigenvalue weighted by molar-refractivity contribution is 5.86. The SMILES string of the molecule is C=C(C)C(=O)OCCCc1nc2ccc(C)cc2[nH]1. The van der Waals surface area contributed by atoms with Crippen LogP contribution in [0.5, 0.6) is 0 Å². The van der Waals surface area contributed by atoms with E-state index < -0.39 is 0 Å². The van der Waals surface area contributed by atoms with E-state index in [1.807, 2.05) is 12.1 Å². The highest BCUT2D eigenvalue weighted by atomic mass is 16.5. The van der Waals surface area contributed by atoms with Gasteiger partial charge in [-0.2, -0.15) is 0 Å². The van der Waals surface area contributed by atoms with Gasteiger partial charge in [-0.05, 0) is 38.0 Å². The molecule has 2 aromatic rings. The summed E-state index contributed by atoms with van der Waals surface area (Å²) in [5, 5.41) is 0. The number of nitrogens with zero attached hydrogens (tertiary/aromatic N) is 1. The summed E-state index contributed by atoms with van der Waals surface area (Å²) in [4.78, 5) is 19.0. The molecule has 1 aromatic carbocycles. The molecule has 0 saturated heterocycles. The summed E-state index contributed by atoms with van der Waals surface area (Å²) < 4.78 is 5.04. The van der Waals surface area contributed by atoms with E-state index in [9.17, 15) is 4.79 Å². The highest BCUT2D eigenvalue weighted by Gasteiger charge is 2.05. The number of nitrogens with one attached hydrogen (secondary N) is 1. The molecule has 0 spiro atoms. The summed E-state index contributed by atoms with van der Waals surface area (Å²) in [6.45, 7) is 7.62. The van der Waals surface area contributed by atoms with Crippen molar-refractivity contribution in [3.8, 4) is 0 Å². The summed E-state index contributed by atoms with van der Waals surface area (Å²) in [5.41, 5.74) is 3.66. The Bertz CT molecular complexity index is 614. The predicted octanol–water partition coefficient (Wildman–Crippen LogP) is 2.92. The van der Waals surface area contributed by atoms with Crippen LogP contribution < -0.4 is 0 Å². The molecular formula is C15H18N2O2. The van der Waals surface area contributed by atoms with Crippen LogP contribution in [0.25, 0.3) is 11.0 Å². The molecular weight excluding hydrogens is 240 g/mol. The van der Waals surface area contributed by atoms with Crippen LogP contribution in [0.2, 0.25) is 0 Å². The van der Waals surface area contributed by atoms with Gasteiger partial charge in [0, 0.05) is 12.0 Å². The van der Waals surface area contributed by atoms with Gasteiger partial charge in [-0.1, -0.05) is 12.6 Å². The van der Waals surface area contributed by atoms with Gasteiger partial charge in [-0.15, -0.1) is 0 Å². The molecule has 0 saturated carbocycles. The molecule has 1 N–H and O–H groups in total. The minimum atomic E-state index is -0.333. The number of hydrogen-bond donors (Lipinski definition) is 1. The zero-order valence-electron chi connectivity index (χ0n) is 11.3. The number of rotatable bonds is 5. The number of fused-ring (bicyclic) bond motifs is 1. The first kappa shape index (κ1) is 13.3. The lowest BCUT2D eigenvalue weighted by Gasteiger charge is -2.02. The lowest BCUT2D eigenvalue weighted by atomic mass is 10.2. The van der Waals surface area contributed by atoms with Crippen molar-refractivity contribution >= 4 is 17.0 Å². The van der Waals surface area contributed by atoms with Crippen LogP contribution in [-0.2, 0) is 16.0 Å². The zero-order chi connectivity index (χ0) is 13.8. The van der Waals surface area contributed by atoms with Crippen LogP contribution in [0.1, 0.15) is 24.7 Å². The molecule has 0 unspecified atom stereocenters. The van der Waals surface area contributed by atoms with Gasteiger partial charge >= 0.3 is 5.97 Å². The van der Waals surface area contributed by atoms with Crippen LogP contribution >= 0.6 is 0 Å². The summed E-state index contributed by atoms with van der Waals surface area (Å²) in [5.74, 6) is 0.590. The standard InChI is InChI=1S/C15H18N2O2/c1-10(2)15(18)19-8-4-5-14-16-12-7-6-11(3)9-13(12)17-14/h6-7,9H,1,4-5,8H2,2-3H3,(H,16,17). The Morgan fingerprint density at radius 2 is 2.26 bits per heavy atom. The molecule has 2 rings (SSSR count). The minimum absolute atomic E-state index is 0.333. The van der Waals surface area contributed by atoms with Gasteiger partial charge in [-0.3, -0.25) is 0 Å². The molecule has 19 heavy (non-hydrogen) atoms. The van der Waals surface area contributed by atoms with E-state index in [1.165, 1.54) is 5.56 Å². The predicted molar refractivity (Wildman–Crippen MR) is 74.9 cm³/mol. The Kier molecular flexibility index (Phi) is 4.00. The molecule has 0 aliphatic heterocycles. The molecule has 4 nitrogen and oxygen atoms in total. The van der Waals surface area contributed by atoms with Crippen molar-refractivity contribution in [1.82, 2.24) is 9.97 Å². The number of carbonyl (C=O) groups is 1. The van der Waals surface area contributed by atoms with E-state index in [0.29, 0.717) is 12.2 Å². The van der Waals surface area contributed by atoms with Crippen molar-refractivity contribution in [1.29, 1.82) is 0 Å². The molecule has 1 aromatic heterocycles. The van der Waals surface area contributed by atoms with Crippen molar-refractivity contribution < 1.29 is 9.53 Å². The van der Waals surface area contributed by atoms with E-state index >= 15 is 0 Å². The van der Waals surface area contributed by atoms with Gasteiger partial charge in [0.1, 0.15) is 5.82 Å². The second-order valence-electron chi connectivity index (χ2n) is 4.72. The number of ether oxygens (including phenoxy) is 1. The molecule has 0 fully saturated rings. The van der Waals surface area contributed by atoms with E-state index in [4.69, 9.17) is 4.74 Å². The molecule has 0 radical (unpaired) electrons. The van der Waals surface area contributed by atoms with Crippen LogP contribution in [0.3, 0.4) is 0 Å². The molecule has 0 amide bonds. The molecule has 0 aliphatic rings.